The molecule has 0 saturated heterocycles. The minimum atomic E-state index is 0.702. The molecule has 0 unspecified atom stereocenters. The van der Waals surface area contributed by atoms with Gasteiger partial charge in [0, 0.05) is 36.9 Å². The highest BCUT2D eigenvalue weighted by Gasteiger charge is 2.16. The van der Waals surface area contributed by atoms with Crippen LogP contribution in [0.3, 0.4) is 0 Å². The summed E-state index contributed by atoms with van der Waals surface area (Å²) in [5.74, 6) is 0.702. The van der Waals surface area contributed by atoms with Crippen molar-refractivity contribution in [3.63, 3.8) is 0 Å². The number of hydrogen-bond acceptors (Lipinski definition) is 3. The zero-order valence-corrected chi connectivity index (χ0v) is 27.4. The van der Waals surface area contributed by atoms with Crippen molar-refractivity contribution < 1.29 is 0 Å². The third-order valence-corrected chi connectivity index (χ3v) is 10.2. The van der Waals surface area contributed by atoms with Gasteiger partial charge in [-0.05, 0) is 69.8 Å². The molecule has 9 aromatic rings. The summed E-state index contributed by atoms with van der Waals surface area (Å²) in [4.78, 5) is 10.4. The summed E-state index contributed by atoms with van der Waals surface area (Å²) in [6, 6.07) is 64.4. The van der Waals surface area contributed by atoms with Crippen molar-refractivity contribution in [3.8, 4) is 67.3 Å². The minimum Gasteiger partial charge on any atom is -0.228 e. The van der Waals surface area contributed by atoms with Gasteiger partial charge < -0.3 is 0 Å². The number of rotatable bonds is 6. The van der Waals surface area contributed by atoms with Gasteiger partial charge in [0.1, 0.15) is 0 Å². The minimum absolute atomic E-state index is 0.702. The lowest BCUT2D eigenvalue weighted by atomic mass is 9.92. The van der Waals surface area contributed by atoms with E-state index in [2.05, 4.69) is 170 Å². The molecule has 0 N–H and O–H groups in total. The molecule has 0 aliphatic heterocycles. The van der Waals surface area contributed by atoms with E-state index in [4.69, 9.17) is 9.97 Å². The van der Waals surface area contributed by atoms with E-state index in [9.17, 15) is 0 Å². The summed E-state index contributed by atoms with van der Waals surface area (Å²) in [7, 11) is 0. The maximum atomic E-state index is 5.26. The van der Waals surface area contributed by atoms with E-state index in [1.165, 1.54) is 48.0 Å². The Morgan fingerprint density at radius 2 is 0.837 bits per heavy atom. The highest BCUT2D eigenvalue weighted by molar-refractivity contribution is 7.25. The predicted octanol–water partition coefficient (Wildman–Crippen LogP) is 12.8. The molecule has 0 aliphatic rings. The Bertz CT molecular complexity index is 2570. The molecule has 9 rings (SSSR count). The van der Waals surface area contributed by atoms with Crippen molar-refractivity contribution in [2.45, 2.75) is 0 Å². The number of thiophene rings is 1. The molecule has 2 aromatic heterocycles. The van der Waals surface area contributed by atoms with Crippen molar-refractivity contribution in [2.75, 3.05) is 0 Å². The van der Waals surface area contributed by atoms with Gasteiger partial charge >= 0.3 is 0 Å². The van der Waals surface area contributed by atoms with Gasteiger partial charge in [0.15, 0.2) is 5.82 Å². The second-order valence-corrected chi connectivity index (χ2v) is 13.3. The first kappa shape index (κ1) is 29.0. The molecule has 230 valence electrons. The van der Waals surface area contributed by atoms with Crippen molar-refractivity contribution >= 4 is 31.5 Å². The van der Waals surface area contributed by atoms with Crippen LogP contribution >= 0.6 is 11.3 Å². The van der Waals surface area contributed by atoms with Gasteiger partial charge in [0.2, 0.25) is 0 Å². The summed E-state index contributed by atoms with van der Waals surface area (Å²) in [5, 5.41) is 2.59. The molecule has 49 heavy (non-hydrogen) atoms. The van der Waals surface area contributed by atoms with Crippen LogP contribution in [0.2, 0.25) is 0 Å². The first-order valence-electron chi connectivity index (χ1n) is 16.5. The molecule has 0 saturated carbocycles. The molecular formula is C46H30N2S. The summed E-state index contributed by atoms with van der Waals surface area (Å²) in [6.45, 7) is 0. The fraction of sp³-hybridized carbons (Fsp3) is 0. The van der Waals surface area contributed by atoms with Crippen molar-refractivity contribution in [2.24, 2.45) is 0 Å². The van der Waals surface area contributed by atoms with Gasteiger partial charge in [0.25, 0.3) is 0 Å². The summed E-state index contributed by atoms with van der Waals surface area (Å²) in [6.07, 6.45) is 0. The largest absolute Gasteiger partial charge is 0.228 e. The predicted molar refractivity (Wildman–Crippen MR) is 208 cm³/mol. The maximum absolute atomic E-state index is 5.26. The van der Waals surface area contributed by atoms with Crippen LogP contribution in [0.5, 0.6) is 0 Å². The fourth-order valence-electron chi connectivity index (χ4n) is 6.67. The van der Waals surface area contributed by atoms with Crippen LogP contribution in [0.25, 0.3) is 87.5 Å². The van der Waals surface area contributed by atoms with Gasteiger partial charge in [-0.15, -0.1) is 11.3 Å². The van der Waals surface area contributed by atoms with E-state index in [1.54, 1.807) is 0 Å². The summed E-state index contributed by atoms with van der Waals surface area (Å²) < 4.78 is 2.59. The van der Waals surface area contributed by atoms with Gasteiger partial charge in [-0.2, -0.15) is 0 Å². The van der Waals surface area contributed by atoms with Crippen LogP contribution in [0, 0.1) is 0 Å². The summed E-state index contributed by atoms with van der Waals surface area (Å²) in [5.41, 5.74) is 11.9. The van der Waals surface area contributed by atoms with Crippen LogP contribution < -0.4 is 0 Å². The molecule has 3 heteroatoms. The third kappa shape index (κ3) is 5.61. The molecule has 7 aromatic carbocycles. The second kappa shape index (κ2) is 12.5. The molecular weight excluding hydrogens is 613 g/mol. The Morgan fingerprint density at radius 1 is 0.327 bits per heavy atom. The van der Waals surface area contributed by atoms with Crippen LogP contribution in [-0.2, 0) is 0 Å². The Labute approximate surface area is 289 Å². The number of hydrogen-bond donors (Lipinski definition) is 0. The van der Waals surface area contributed by atoms with E-state index in [0.29, 0.717) is 5.82 Å². The number of nitrogens with zero attached hydrogens (tertiary/aromatic N) is 2. The SMILES string of the molecule is c1ccc(-c2ccc(-c3nc(-c4ccccc4)cc(-c4cc(-c5ccccc5)cc(-c5cccc6sc7ccccc7c56)c4)n3)cc2)cc1. The van der Waals surface area contributed by atoms with Crippen LogP contribution in [0.1, 0.15) is 0 Å². The van der Waals surface area contributed by atoms with E-state index < -0.39 is 0 Å². The first-order chi connectivity index (χ1) is 24.3. The molecule has 0 atom stereocenters. The molecule has 0 bridgehead atoms. The smallest absolute Gasteiger partial charge is 0.160 e. The molecule has 0 fully saturated rings. The molecule has 0 spiro atoms. The Morgan fingerprint density at radius 3 is 1.55 bits per heavy atom. The second-order valence-electron chi connectivity index (χ2n) is 12.2. The number of fused-ring (bicyclic) bond motifs is 3. The monoisotopic (exact) mass is 642 g/mol. The van der Waals surface area contributed by atoms with E-state index >= 15 is 0 Å². The lowest BCUT2D eigenvalue weighted by molar-refractivity contribution is 1.18. The molecule has 0 amide bonds. The van der Waals surface area contributed by atoms with Gasteiger partial charge in [-0.1, -0.05) is 146 Å². The molecule has 0 radical (unpaired) electrons. The van der Waals surface area contributed by atoms with Crippen molar-refractivity contribution in [1.29, 1.82) is 0 Å². The number of aromatic nitrogens is 2. The molecule has 2 nitrogen and oxygen atoms in total. The maximum Gasteiger partial charge on any atom is 0.160 e. The lowest BCUT2D eigenvalue weighted by Gasteiger charge is -2.14. The van der Waals surface area contributed by atoms with E-state index in [1.807, 2.05) is 23.5 Å². The highest BCUT2D eigenvalue weighted by Crippen LogP contribution is 2.42. The average Bonchev–Trinajstić information content (AvgIpc) is 3.58. The Balaban J connectivity index is 1.25. The summed E-state index contributed by atoms with van der Waals surface area (Å²) >= 11 is 1.85. The highest BCUT2D eigenvalue weighted by atomic mass is 32.1. The Hall–Kier alpha value is -6.16. The Kier molecular flexibility index (Phi) is 7.38. The zero-order valence-electron chi connectivity index (χ0n) is 26.6. The van der Waals surface area contributed by atoms with Gasteiger partial charge in [0.05, 0.1) is 11.4 Å². The van der Waals surface area contributed by atoms with Crippen LogP contribution in [0.4, 0.5) is 0 Å². The van der Waals surface area contributed by atoms with Crippen LogP contribution in [0.15, 0.2) is 182 Å². The number of benzene rings is 7. The third-order valence-electron chi connectivity index (χ3n) is 9.10. The fourth-order valence-corrected chi connectivity index (χ4v) is 7.80. The first-order valence-corrected chi connectivity index (χ1v) is 17.3. The lowest BCUT2D eigenvalue weighted by Crippen LogP contribution is -1.96. The van der Waals surface area contributed by atoms with Crippen LogP contribution in [-0.4, -0.2) is 9.97 Å². The van der Waals surface area contributed by atoms with Crippen molar-refractivity contribution in [3.05, 3.63) is 182 Å². The van der Waals surface area contributed by atoms with Gasteiger partial charge in [-0.3, -0.25) is 0 Å². The quantitative estimate of drug-likeness (QED) is 0.180. The molecule has 2 heterocycles. The van der Waals surface area contributed by atoms with E-state index in [-0.39, 0.29) is 0 Å². The zero-order chi connectivity index (χ0) is 32.6. The molecule has 0 aliphatic carbocycles. The normalized spacial score (nSPS) is 11.3. The average molecular weight is 643 g/mol. The topological polar surface area (TPSA) is 25.8 Å². The van der Waals surface area contributed by atoms with E-state index in [0.717, 1.165) is 33.6 Å². The standard InChI is InChI=1S/C46H30N2S/c1-4-13-31(14-5-1)33-23-25-35(26-24-33)46-47-41(34-17-8-3-9-18-34)30-42(48-46)38-28-36(32-15-6-2-7-16-32)27-37(29-38)39-20-12-22-44-45(39)40-19-10-11-21-43(40)49-44/h1-30H. The van der Waals surface area contributed by atoms with Crippen molar-refractivity contribution in [1.82, 2.24) is 9.97 Å². The van der Waals surface area contributed by atoms with Gasteiger partial charge in [-0.25, -0.2) is 9.97 Å².